The third-order valence-corrected chi connectivity index (χ3v) is 3.98. The fourth-order valence-corrected chi connectivity index (χ4v) is 2.56. The van der Waals surface area contributed by atoms with Gasteiger partial charge in [0.25, 0.3) is 0 Å². The molecule has 1 aromatic carbocycles. The van der Waals surface area contributed by atoms with Crippen molar-refractivity contribution in [1.82, 2.24) is 0 Å². The van der Waals surface area contributed by atoms with E-state index >= 15 is 0 Å². The summed E-state index contributed by atoms with van der Waals surface area (Å²) in [4.78, 5) is 2.32. The van der Waals surface area contributed by atoms with Crippen LogP contribution in [0.5, 0.6) is 0 Å². The Bertz CT molecular complexity index is 401. The number of para-hydroxylation sites is 1. The van der Waals surface area contributed by atoms with Gasteiger partial charge in [-0.3, -0.25) is 0 Å². The van der Waals surface area contributed by atoms with Crippen molar-refractivity contribution in [2.24, 2.45) is 5.41 Å². The second-order valence-electron chi connectivity index (χ2n) is 5.77. The maximum Gasteiger partial charge on any atom is 0.0523 e. The van der Waals surface area contributed by atoms with Gasteiger partial charge >= 0.3 is 0 Å². The molecule has 3 heteroatoms. The molecule has 0 fully saturated rings. The Labute approximate surface area is 109 Å². The van der Waals surface area contributed by atoms with Gasteiger partial charge in [-0.25, -0.2) is 0 Å². The number of hydrogen-bond donors (Lipinski definition) is 2. The minimum Gasteiger partial charge on any atom is -0.396 e. The molecule has 2 N–H and O–H groups in total. The molecule has 0 spiro atoms. The van der Waals surface area contributed by atoms with Crippen LogP contribution in [-0.4, -0.2) is 36.0 Å². The molecular formula is C15H23NO2. The third kappa shape index (κ3) is 2.52. The number of nitrogens with zero attached hydrogens (tertiary/aromatic N) is 1. The van der Waals surface area contributed by atoms with Gasteiger partial charge in [-0.1, -0.05) is 25.1 Å². The SMILES string of the molecule is CC1CCc2ccccc2N1CC(C)(CO)CO. The van der Waals surface area contributed by atoms with Crippen LogP contribution in [0.3, 0.4) is 0 Å². The molecule has 0 aromatic heterocycles. The number of fused-ring (bicyclic) bond motifs is 1. The van der Waals surface area contributed by atoms with Crippen molar-refractivity contribution in [3.63, 3.8) is 0 Å². The number of aliphatic hydroxyl groups is 2. The molecule has 1 heterocycles. The molecule has 1 aliphatic rings. The zero-order valence-electron chi connectivity index (χ0n) is 11.3. The molecule has 0 saturated carbocycles. The predicted octanol–water partition coefficient (Wildman–Crippen LogP) is 1.82. The Kier molecular flexibility index (Phi) is 3.93. The van der Waals surface area contributed by atoms with E-state index in [9.17, 15) is 10.2 Å². The lowest BCUT2D eigenvalue weighted by Crippen LogP contribution is -2.46. The molecular weight excluding hydrogens is 226 g/mol. The third-order valence-electron chi connectivity index (χ3n) is 3.98. The largest absolute Gasteiger partial charge is 0.396 e. The van der Waals surface area contributed by atoms with Gasteiger partial charge in [0.1, 0.15) is 0 Å². The average molecular weight is 249 g/mol. The van der Waals surface area contributed by atoms with Gasteiger partial charge in [-0.15, -0.1) is 0 Å². The summed E-state index contributed by atoms with van der Waals surface area (Å²) in [6, 6.07) is 8.89. The normalized spacial score (nSPS) is 19.8. The second kappa shape index (κ2) is 5.29. The zero-order valence-corrected chi connectivity index (χ0v) is 11.3. The van der Waals surface area contributed by atoms with Gasteiger partial charge in [0.2, 0.25) is 0 Å². The highest BCUT2D eigenvalue weighted by molar-refractivity contribution is 5.56. The van der Waals surface area contributed by atoms with Crippen molar-refractivity contribution >= 4 is 5.69 Å². The van der Waals surface area contributed by atoms with Crippen molar-refractivity contribution in [2.45, 2.75) is 32.7 Å². The number of benzene rings is 1. The number of rotatable bonds is 4. The molecule has 2 rings (SSSR count). The molecule has 0 aliphatic carbocycles. The number of aryl methyl sites for hydroxylation is 1. The van der Waals surface area contributed by atoms with Crippen LogP contribution in [0.1, 0.15) is 25.8 Å². The van der Waals surface area contributed by atoms with Crippen LogP contribution in [0.15, 0.2) is 24.3 Å². The Balaban J connectivity index is 2.27. The minimum absolute atomic E-state index is 0.00882. The quantitative estimate of drug-likeness (QED) is 0.855. The summed E-state index contributed by atoms with van der Waals surface area (Å²) < 4.78 is 0. The summed E-state index contributed by atoms with van der Waals surface area (Å²) in [6.45, 7) is 4.85. The molecule has 0 bridgehead atoms. The van der Waals surface area contributed by atoms with E-state index in [1.165, 1.54) is 11.3 Å². The molecule has 0 saturated heterocycles. The monoisotopic (exact) mass is 249 g/mol. The minimum atomic E-state index is -0.446. The topological polar surface area (TPSA) is 43.7 Å². The van der Waals surface area contributed by atoms with Crippen LogP contribution in [0, 0.1) is 5.41 Å². The number of aliphatic hydroxyl groups excluding tert-OH is 2. The first-order valence-electron chi connectivity index (χ1n) is 6.66. The lowest BCUT2D eigenvalue weighted by atomic mass is 9.88. The zero-order chi connectivity index (χ0) is 13.2. The van der Waals surface area contributed by atoms with Crippen molar-refractivity contribution in [3.8, 4) is 0 Å². The van der Waals surface area contributed by atoms with E-state index in [-0.39, 0.29) is 13.2 Å². The van der Waals surface area contributed by atoms with Crippen LogP contribution in [0.4, 0.5) is 5.69 Å². The van der Waals surface area contributed by atoms with Crippen LogP contribution < -0.4 is 4.90 Å². The smallest absolute Gasteiger partial charge is 0.0523 e. The Hall–Kier alpha value is -1.06. The highest BCUT2D eigenvalue weighted by atomic mass is 16.3. The summed E-state index contributed by atoms with van der Waals surface area (Å²) in [7, 11) is 0. The highest BCUT2D eigenvalue weighted by Crippen LogP contribution is 2.33. The molecule has 18 heavy (non-hydrogen) atoms. The Morgan fingerprint density at radius 2 is 1.94 bits per heavy atom. The summed E-state index contributed by atoms with van der Waals surface area (Å²) in [6.07, 6.45) is 2.24. The summed E-state index contributed by atoms with van der Waals surface area (Å²) >= 11 is 0. The van der Waals surface area contributed by atoms with E-state index in [2.05, 4.69) is 36.1 Å². The summed E-state index contributed by atoms with van der Waals surface area (Å²) in [5.74, 6) is 0. The van der Waals surface area contributed by atoms with Crippen LogP contribution in [-0.2, 0) is 6.42 Å². The lowest BCUT2D eigenvalue weighted by Gasteiger charge is -2.42. The summed E-state index contributed by atoms with van der Waals surface area (Å²) in [5.41, 5.74) is 2.18. The van der Waals surface area contributed by atoms with Gasteiger partial charge in [-0.2, -0.15) is 0 Å². The highest BCUT2D eigenvalue weighted by Gasteiger charge is 2.31. The van der Waals surface area contributed by atoms with Crippen molar-refractivity contribution < 1.29 is 10.2 Å². The van der Waals surface area contributed by atoms with Crippen molar-refractivity contribution in [1.29, 1.82) is 0 Å². The molecule has 100 valence electrons. The van der Waals surface area contributed by atoms with Gasteiger partial charge in [-0.05, 0) is 31.4 Å². The molecule has 0 amide bonds. The molecule has 0 radical (unpaired) electrons. The summed E-state index contributed by atoms with van der Waals surface area (Å²) in [5, 5.41) is 18.9. The van der Waals surface area contributed by atoms with Crippen LogP contribution in [0.2, 0.25) is 0 Å². The van der Waals surface area contributed by atoms with Crippen LogP contribution in [0.25, 0.3) is 0 Å². The average Bonchev–Trinajstić information content (AvgIpc) is 2.42. The number of hydrogen-bond acceptors (Lipinski definition) is 3. The van der Waals surface area contributed by atoms with Gasteiger partial charge in [0, 0.05) is 23.7 Å². The molecule has 1 aliphatic heterocycles. The van der Waals surface area contributed by atoms with E-state index < -0.39 is 5.41 Å². The lowest BCUT2D eigenvalue weighted by molar-refractivity contribution is 0.0736. The first kappa shape index (κ1) is 13.4. The number of anilines is 1. The van der Waals surface area contributed by atoms with Gasteiger partial charge in [0.15, 0.2) is 0 Å². The van der Waals surface area contributed by atoms with E-state index in [0.717, 1.165) is 12.8 Å². The van der Waals surface area contributed by atoms with Crippen molar-refractivity contribution in [3.05, 3.63) is 29.8 Å². The molecule has 3 nitrogen and oxygen atoms in total. The van der Waals surface area contributed by atoms with Gasteiger partial charge < -0.3 is 15.1 Å². The Morgan fingerprint density at radius 3 is 2.61 bits per heavy atom. The van der Waals surface area contributed by atoms with E-state index in [1.54, 1.807) is 0 Å². The second-order valence-corrected chi connectivity index (χ2v) is 5.77. The van der Waals surface area contributed by atoms with Gasteiger partial charge in [0.05, 0.1) is 13.2 Å². The fourth-order valence-electron chi connectivity index (χ4n) is 2.56. The predicted molar refractivity (Wildman–Crippen MR) is 73.8 cm³/mol. The standard InChI is InChI=1S/C15H23NO2/c1-12-7-8-13-5-3-4-6-14(13)16(12)9-15(2,10-17)11-18/h3-6,12,17-18H,7-11H2,1-2H3. The first-order chi connectivity index (χ1) is 8.59. The van der Waals surface area contributed by atoms with E-state index in [1.807, 2.05) is 6.92 Å². The molecule has 1 aromatic rings. The van der Waals surface area contributed by atoms with E-state index in [4.69, 9.17) is 0 Å². The first-order valence-corrected chi connectivity index (χ1v) is 6.66. The maximum absolute atomic E-state index is 9.46. The van der Waals surface area contributed by atoms with E-state index in [0.29, 0.717) is 12.6 Å². The maximum atomic E-state index is 9.46. The fraction of sp³-hybridized carbons (Fsp3) is 0.600. The molecule has 1 unspecified atom stereocenters. The van der Waals surface area contributed by atoms with Crippen LogP contribution >= 0.6 is 0 Å². The van der Waals surface area contributed by atoms with Crippen molar-refractivity contribution in [2.75, 3.05) is 24.7 Å². The molecule has 1 atom stereocenters. The Morgan fingerprint density at radius 1 is 1.28 bits per heavy atom.